The molecular weight excluding hydrogens is 372 g/mol. The molecule has 6 nitrogen and oxygen atoms in total. The van der Waals surface area contributed by atoms with Crippen LogP contribution >= 0.6 is 11.3 Å². The second-order valence-corrected chi connectivity index (χ2v) is 8.40. The summed E-state index contributed by atoms with van der Waals surface area (Å²) in [5.74, 6) is 0.156. The summed E-state index contributed by atoms with van der Waals surface area (Å²) in [5.41, 5.74) is 3.13. The van der Waals surface area contributed by atoms with Gasteiger partial charge in [-0.1, -0.05) is 0 Å². The quantitative estimate of drug-likeness (QED) is 0.673. The van der Waals surface area contributed by atoms with Gasteiger partial charge in [0.15, 0.2) is 0 Å². The maximum absolute atomic E-state index is 12.6. The van der Waals surface area contributed by atoms with Crippen molar-refractivity contribution in [2.24, 2.45) is 5.92 Å². The number of carbonyl (C=O) groups excluding carboxylic acids is 2. The molecule has 142 valence electrons. The molecule has 1 aliphatic carbocycles. The third-order valence-electron chi connectivity index (χ3n) is 4.57. The van der Waals surface area contributed by atoms with Crippen molar-refractivity contribution < 1.29 is 9.59 Å². The van der Waals surface area contributed by atoms with E-state index in [1.807, 2.05) is 6.07 Å². The minimum atomic E-state index is -0.276. The lowest BCUT2D eigenvalue weighted by Crippen LogP contribution is -2.16. The normalized spacial score (nSPS) is 13.2. The van der Waals surface area contributed by atoms with Crippen molar-refractivity contribution in [1.29, 1.82) is 0 Å². The van der Waals surface area contributed by atoms with E-state index in [-0.39, 0.29) is 17.7 Å². The number of hydrogen-bond acceptors (Lipinski definition) is 5. The molecule has 4 rings (SSSR count). The molecule has 0 atom stereocenters. The highest BCUT2D eigenvalue weighted by molar-refractivity contribution is 7.12. The lowest BCUT2D eigenvalue weighted by molar-refractivity contribution is -0.117. The molecule has 3 aromatic rings. The van der Waals surface area contributed by atoms with Gasteiger partial charge in [0.2, 0.25) is 5.91 Å². The zero-order valence-corrected chi connectivity index (χ0v) is 16.5. The molecule has 28 heavy (non-hydrogen) atoms. The fourth-order valence-corrected chi connectivity index (χ4v) is 3.94. The molecule has 2 amide bonds. The third-order valence-corrected chi connectivity index (χ3v) is 5.54. The predicted molar refractivity (Wildman–Crippen MR) is 111 cm³/mol. The molecule has 0 aromatic carbocycles. The molecule has 0 radical (unpaired) electrons. The van der Waals surface area contributed by atoms with E-state index in [0.29, 0.717) is 17.1 Å². The number of anilines is 2. The van der Waals surface area contributed by atoms with Gasteiger partial charge in [0.05, 0.1) is 11.9 Å². The van der Waals surface area contributed by atoms with Gasteiger partial charge in [-0.2, -0.15) is 0 Å². The maximum Gasteiger partial charge on any atom is 0.255 e. The average Bonchev–Trinajstić information content (AvgIpc) is 3.47. The van der Waals surface area contributed by atoms with Crippen molar-refractivity contribution in [3.8, 4) is 11.1 Å². The highest BCUT2D eigenvalue weighted by atomic mass is 32.1. The molecule has 2 N–H and O–H groups in total. The molecule has 0 saturated heterocycles. The summed E-state index contributed by atoms with van der Waals surface area (Å²) in [6.45, 7) is 4.15. The van der Waals surface area contributed by atoms with Gasteiger partial charge in [0.25, 0.3) is 5.91 Å². The minimum absolute atomic E-state index is 0.0385. The van der Waals surface area contributed by atoms with E-state index in [1.165, 1.54) is 16.0 Å². The molecular formula is C21H20N4O2S. The van der Waals surface area contributed by atoms with Crippen LogP contribution in [0.15, 0.2) is 42.9 Å². The second-order valence-electron chi connectivity index (χ2n) is 6.94. The fraction of sp³-hybridized carbons (Fsp3) is 0.238. The van der Waals surface area contributed by atoms with Crippen LogP contribution in [-0.4, -0.2) is 21.8 Å². The van der Waals surface area contributed by atoms with Crippen LogP contribution in [0.4, 0.5) is 11.5 Å². The summed E-state index contributed by atoms with van der Waals surface area (Å²) in [7, 11) is 0. The first-order chi connectivity index (χ1) is 13.5. The largest absolute Gasteiger partial charge is 0.321 e. The number of aromatic nitrogens is 2. The van der Waals surface area contributed by atoms with E-state index in [1.54, 1.807) is 35.9 Å². The van der Waals surface area contributed by atoms with Crippen LogP contribution in [0.25, 0.3) is 11.1 Å². The van der Waals surface area contributed by atoms with Crippen LogP contribution in [0, 0.1) is 19.8 Å². The smallest absolute Gasteiger partial charge is 0.255 e. The summed E-state index contributed by atoms with van der Waals surface area (Å²) in [6.07, 6.45) is 6.76. The summed E-state index contributed by atoms with van der Waals surface area (Å²) in [5, 5.41) is 5.63. The molecule has 0 unspecified atom stereocenters. The molecule has 1 aliphatic rings. The second kappa shape index (κ2) is 7.52. The van der Waals surface area contributed by atoms with Gasteiger partial charge >= 0.3 is 0 Å². The number of pyridine rings is 2. The highest BCUT2D eigenvalue weighted by Gasteiger charge is 2.29. The number of nitrogens with one attached hydrogen (secondary N) is 2. The van der Waals surface area contributed by atoms with Crippen molar-refractivity contribution in [2.45, 2.75) is 26.7 Å². The number of hydrogen-bond donors (Lipinski definition) is 2. The Bertz CT molecular complexity index is 1060. The van der Waals surface area contributed by atoms with Crippen molar-refractivity contribution >= 4 is 34.7 Å². The molecule has 0 bridgehead atoms. The summed E-state index contributed by atoms with van der Waals surface area (Å²) in [6, 6.07) is 7.24. The monoisotopic (exact) mass is 392 g/mol. The number of thiophene rings is 1. The van der Waals surface area contributed by atoms with Crippen LogP contribution in [0.2, 0.25) is 0 Å². The Morgan fingerprint density at radius 2 is 1.93 bits per heavy atom. The van der Waals surface area contributed by atoms with Crippen molar-refractivity contribution in [3.63, 3.8) is 0 Å². The van der Waals surface area contributed by atoms with E-state index >= 15 is 0 Å². The minimum Gasteiger partial charge on any atom is -0.321 e. The lowest BCUT2D eigenvalue weighted by Gasteiger charge is -2.08. The lowest BCUT2D eigenvalue weighted by atomic mass is 10.1. The van der Waals surface area contributed by atoms with Gasteiger partial charge in [-0.05, 0) is 56.5 Å². The standard InChI is InChI=1S/C21H20N4O2S/c1-12-7-18(13(2)28-12)16-8-17(11-22-10-16)24-21(27)15-5-6-23-19(9-15)25-20(26)14-3-4-14/h5-11,14H,3-4H2,1-2H3,(H,24,27)(H,23,25,26). The van der Waals surface area contributed by atoms with Crippen molar-refractivity contribution in [1.82, 2.24) is 9.97 Å². The summed E-state index contributed by atoms with van der Waals surface area (Å²) < 4.78 is 0. The zero-order valence-electron chi connectivity index (χ0n) is 15.7. The topological polar surface area (TPSA) is 84.0 Å². The van der Waals surface area contributed by atoms with Crippen LogP contribution in [0.1, 0.15) is 33.0 Å². The molecule has 3 aromatic heterocycles. The Balaban J connectivity index is 1.50. The summed E-state index contributed by atoms with van der Waals surface area (Å²) in [4.78, 5) is 35.4. The molecule has 0 aliphatic heterocycles. The van der Waals surface area contributed by atoms with E-state index in [9.17, 15) is 9.59 Å². The van der Waals surface area contributed by atoms with Gasteiger partial charge in [0, 0.05) is 39.2 Å². The van der Waals surface area contributed by atoms with E-state index < -0.39 is 0 Å². The zero-order chi connectivity index (χ0) is 19.7. The molecule has 7 heteroatoms. The van der Waals surface area contributed by atoms with Gasteiger partial charge in [-0.25, -0.2) is 4.98 Å². The number of carbonyl (C=O) groups is 2. The van der Waals surface area contributed by atoms with Crippen LogP contribution < -0.4 is 10.6 Å². The number of amides is 2. The van der Waals surface area contributed by atoms with Crippen molar-refractivity contribution in [2.75, 3.05) is 10.6 Å². The Labute approximate surface area is 167 Å². The van der Waals surface area contributed by atoms with Gasteiger partial charge in [0.1, 0.15) is 5.82 Å². The van der Waals surface area contributed by atoms with E-state index in [0.717, 1.165) is 24.0 Å². The van der Waals surface area contributed by atoms with Crippen LogP contribution in [0.5, 0.6) is 0 Å². The Morgan fingerprint density at radius 1 is 1.11 bits per heavy atom. The first-order valence-electron chi connectivity index (χ1n) is 9.10. The number of nitrogens with zero attached hydrogens (tertiary/aromatic N) is 2. The van der Waals surface area contributed by atoms with Crippen molar-refractivity contribution in [3.05, 3.63) is 58.2 Å². The van der Waals surface area contributed by atoms with Crippen LogP contribution in [0.3, 0.4) is 0 Å². The SMILES string of the molecule is Cc1cc(-c2cncc(NC(=O)c3ccnc(NC(=O)C4CC4)c3)c2)c(C)s1. The molecule has 0 spiro atoms. The Hall–Kier alpha value is -3.06. The Kier molecular flexibility index (Phi) is 4.92. The predicted octanol–water partition coefficient (Wildman–Crippen LogP) is 4.42. The Morgan fingerprint density at radius 3 is 2.64 bits per heavy atom. The van der Waals surface area contributed by atoms with Gasteiger partial charge in [-0.15, -0.1) is 11.3 Å². The molecule has 1 saturated carbocycles. The number of aryl methyl sites for hydroxylation is 2. The molecule has 3 heterocycles. The molecule has 1 fully saturated rings. The highest BCUT2D eigenvalue weighted by Crippen LogP contribution is 2.31. The first kappa shape index (κ1) is 18.3. The summed E-state index contributed by atoms with van der Waals surface area (Å²) >= 11 is 1.74. The van der Waals surface area contributed by atoms with E-state index in [4.69, 9.17) is 0 Å². The van der Waals surface area contributed by atoms with Gasteiger partial charge < -0.3 is 10.6 Å². The maximum atomic E-state index is 12.6. The average molecular weight is 392 g/mol. The fourth-order valence-electron chi connectivity index (χ4n) is 2.99. The first-order valence-corrected chi connectivity index (χ1v) is 9.92. The van der Waals surface area contributed by atoms with E-state index in [2.05, 4.69) is 40.5 Å². The van der Waals surface area contributed by atoms with Crippen LogP contribution in [-0.2, 0) is 4.79 Å². The third kappa shape index (κ3) is 4.09. The van der Waals surface area contributed by atoms with Gasteiger partial charge in [-0.3, -0.25) is 14.6 Å². The number of rotatable bonds is 5.